The zero-order chi connectivity index (χ0) is 11.8. The molecule has 0 aliphatic carbocycles. The van der Waals surface area contributed by atoms with E-state index in [2.05, 4.69) is 4.90 Å². The second-order valence-corrected chi connectivity index (χ2v) is 4.99. The Hall–Kier alpha value is -1.08. The lowest BCUT2D eigenvalue weighted by atomic mass is 9.69. The van der Waals surface area contributed by atoms with E-state index in [1.54, 1.807) is 6.92 Å². The van der Waals surface area contributed by atoms with Crippen LogP contribution >= 0.6 is 0 Å². The Morgan fingerprint density at radius 1 is 1.62 bits per heavy atom. The lowest BCUT2D eigenvalue weighted by Crippen LogP contribution is -2.48. The van der Waals surface area contributed by atoms with Crippen molar-refractivity contribution in [3.63, 3.8) is 0 Å². The molecule has 88 valence electrons. The molecular weight excluding hydrogens is 204 g/mol. The van der Waals surface area contributed by atoms with Gasteiger partial charge in [-0.1, -0.05) is 6.92 Å². The lowest BCUT2D eigenvalue weighted by Gasteiger charge is -2.35. The zero-order valence-electron chi connectivity index (χ0n) is 9.61. The first kappa shape index (κ1) is 11.4. The molecule has 2 saturated heterocycles. The molecule has 4 heteroatoms. The van der Waals surface area contributed by atoms with Gasteiger partial charge in [0.1, 0.15) is 5.41 Å². The number of carbonyl (C=O) groups is 1. The van der Waals surface area contributed by atoms with E-state index in [0.29, 0.717) is 12.3 Å². The van der Waals surface area contributed by atoms with Crippen LogP contribution in [0.5, 0.6) is 0 Å². The third-order valence-corrected chi connectivity index (χ3v) is 4.32. The minimum Gasteiger partial charge on any atom is -0.548 e. The number of nitrogens with zero attached hydrogens (tertiary/aromatic N) is 2. The molecule has 2 aliphatic heterocycles. The van der Waals surface area contributed by atoms with Crippen molar-refractivity contribution < 1.29 is 9.90 Å². The lowest BCUT2D eigenvalue weighted by molar-refractivity contribution is -0.319. The molecule has 0 aromatic rings. The summed E-state index contributed by atoms with van der Waals surface area (Å²) in [5.74, 6) is -0.863. The number of carbonyl (C=O) groups excluding carboxylic acids is 1. The zero-order valence-corrected chi connectivity index (χ0v) is 9.61. The standard InChI is InChI=1S/C12H18N2O2/c1-2-12(8-13,11(15)16)10-7-14-5-3-4-9(10)6-14/h9-10H,2-7H2,1H3,(H,15,16)/p-1. The van der Waals surface area contributed by atoms with E-state index in [1.165, 1.54) is 0 Å². The van der Waals surface area contributed by atoms with Crippen LogP contribution in [-0.4, -0.2) is 30.5 Å². The molecule has 4 unspecified atom stereocenters. The SMILES string of the molecule is CCC(C#N)(C(=O)[O-])C1CN2CCCC1C2. The predicted octanol–water partition coefficient (Wildman–Crippen LogP) is -0.00192. The fraction of sp³-hybridized carbons (Fsp3) is 0.833. The number of carboxylic acids is 1. The molecule has 0 aromatic heterocycles. The van der Waals surface area contributed by atoms with Gasteiger partial charge in [-0.25, -0.2) is 0 Å². The molecule has 4 nitrogen and oxygen atoms in total. The van der Waals surface area contributed by atoms with Crippen LogP contribution in [0, 0.1) is 28.6 Å². The summed E-state index contributed by atoms with van der Waals surface area (Å²) in [5, 5.41) is 20.5. The van der Waals surface area contributed by atoms with E-state index in [9.17, 15) is 15.2 Å². The monoisotopic (exact) mass is 221 g/mol. The van der Waals surface area contributed by atoms with Gasteiger partial charge in [-0.3, -0.25) is 0 Å². The Morgan fingerprint density at radius 2 is 2.38 bits per heavy atom. The van der Waals surface area contributed by atoms with Gasteiger partial charge in [-0.15, -0.1) is 0 Å². The van der Waals surface area contributed by atoms with Gasteiger partial charge in [0.2, 0.25) is 0 Å². The van der Waals surface area contributed by atoms with Crippen LogP contribution in [0.15, 0.2) is 0 Å². The number of aliphatic carboxylic acids is 1. The number of nitriles is 1. The van der Waals surface area contributed by atoms with Crippen molar-refractivity contribution in [3.8, 4) is 6.07 Å². The van der Waals surface area contributed by atoms with Crippen molar-refractivity contribution in [3.05, 3.63) is 0 Å². The van der Waals surface area contributed by atoms with Gasteiger partial charge in [-0.2, -0.15) is 5.26 Å². The number of hydrogen-bond acceptors (Lipinski definition) is 4. The van der Waals surface area contributed by atoms with Crippen LogP contribution < -0.4 is 5.11 Å². The van der Waals surface area contributed by atoms with Crippen molar-refractivity contribution >= 4 is 5.97 Å². The van der Waals surface area contributed by atoms with Crippen LogP contribution in [0.4, 0.5) is 0 Å². The Morgan fingerprint density at radius 3 is 2.88 bits per heavy atom. The number of carboxylic acid groups (broad SMARTS) is 1. The fourth-order valence-electron chi connectivity index (χ4n) is 3.34. The molecule has 2 aliphatic rings. The van der Waals surface area contributed by atoms with Gasteiger partial charge in [0.15, 0.2) is 0 Å². The molecule has 2 rings (SSSR count). The normalized spacial score (nSPS) is 36.4. The van der Waals surface area contributed by atoms with Crippen LogP contribution in [0.3, 0.4) is 0 Å². The summed E-state index contributed by atoms with van der Waals surface area (Å²) in [5.41, 5.74) is -1.27. The minimum absolute atomic E-state index is 0.0463. The Kier molecular flexibility index (Phi) is 2.90. The van der Waals surface area contributed by atoms with E-state index in [0.717, 1.165) is 32.5 Å². The van der Waals surface area contributed by atoms with Crippen molar-refractivity contribution in [1.29, 1.82) is 5.26 Å². The summed E-state index contributed by atoms with van der Waals surface area (Å²) in [6.07, 6.45) is 2.53. The van der Waals surface area contributed by atoms with Gasteiger partial charge >= 0.3 is 0 Å². The molecule has 2 bridgehead atoms. The predicted molar refractivity (Wildman–Crippen MR) is 56.0 cm³/mol. The van der Waals surface area contributed by atoms with E-state index in [4.69, 9.17) is 0 Å². The van der Waals surface area contributed by atoms with Gasteiger partial charge in [0.25, 0.3) is 0 Å². The maximum atomic E-state index is 11.3. The molecule has 4 atom stereocenters. The van der Waals surface area contributed by atoms with Gasteiger partial charge in [0, 0.05) is 13.1 Å². The summed E-state index contributed by atoms with van der Waals surface area (Å²) < 4.78 is 0. The van der Waals surface area contributed by atoms with Crippen LogP contribution in [0.2, 0.25) is 0 Å². The number of piperidine rings is 1. The average Bonchev–Trinajstić information content (AvgIpc) is 2.57. The second-order valence-electron chi connectivity index (χ2n) is 4.99. The first-order chi connectivity index (χ1) is 7.64. The minimum atomic E-state index is -1.27. The summed E-state index contributed by atoms with van der Waals surface area (Å²) in [6, 6.07) is 2.03. The van der Waals surface area contributed by atoms with Gasteiger partial charge in [0.05, 0.1) is 12.0 Å². The molecule has 2 fully saturated rings. The molecule has 2 heterocycles. The number of hydrogen-bond donors (Lipinski definition) is 0. The molecule has 0 N–H and O–H groups in total. The van der Waals surface area contributed by atoms with Crippen molar-refractivity contribution in [2.24, 2.45) is 17.3 Å². The van der Waals surface area contributed by atoms with Crippen molar-refractivity contribution in [2.45, 2.75) is 26.2 Å². The average molecular weight is 221 g/mol. The van der Waals surface area contributed by atoms with Gasteiger partial charge in [-0.05, 0) is 37.6 Å². The van der Waals surface area contributed by atoms with Crippen LogP contribution in [-0.2, 0) is 4.79 Å². The summed E-state index contributed by atoms with van der Waals surface area (Å²) >= 11 is 0. The maximum Gasteiger partial charge on any atom is 0.101 e. The fourth-order valence-corrected chi connectivity index (χ4v) is 3.34. The third kappa shape index (κ3) is 1.51. The number of rotatable bonds is 3. The van der Waals surface area contributed by atoms with Crippen molar-refractivity contribution in [2.75, 3.05) is 19.6 Å². The molecule has 0 amide bonds. The van der Waals surface area contributed by atoms with Crippen molar-refractivity contribution in [1.82, 2.24) is 4.90 Å². The molecule has 0 spiro atoms. The highest BCUT2D eigenvalue weighted by Crippen LogP contribution is 2.44. The van der Waals surface area contributed by atoms with E-state index < -0.39 is 11.4 Å². The van der Waals surface area contributed by atoms with Crippen LogP contribution in [0.25, 0.3) is 0 Å². The number of fused-ring (bicyclic) bond motifs is 2. The summed E-state index contributed by atoms with van der Waals surface area (Å²) in [7, 11) is 0. The Labute approximate surface area is 95.9 Å². The highest BCUT2D eigenvalue weighted by molar-refractivity contribution is 5.76. The molecule has 0 radical (unpaired) electrons. The van der Waals surface area contributed by atoms with E-state index >= 15 is 0 Å². The summed E-state index contributed by atoms with van der Waals surface area (Å²) in [4.78, 5) is 13.6. The smallest absolute Gasteiger partial charge is 0.101 e. The molecule has 16 heavy (non-hydrogen) atoms. The largest absolute Gasteiger partial charge is 0.548 e. The highest BCUT2D eigenvalue weighted by atomic mass is 16.4. The molecular formula is C12H17N2O2-. The van der Waals surface area contributed by atoms with E-state index in [1.807, 2.05) is 6.07 Å². The molecule has 0 saturated carbocycles. The molecule has 0 aromatic carbocycles. The topological polar surface area (TPSA) is 67.2 Å². The summed E-state index contributed by atoms with van der Waals surface area (Å²) in [6.45, 7) is 4.53. The van der Waals surface area contributed by atoms with E-state index in [-0.39, 0.29) is 5.92 Å². The highest BCUT2D eigenvalue weighted by Gasteiger charge is 2.48. The Bertz CT molecular complexity index is 336. The first-order valence-corrected chi connectivity index (χ1v) is 5.99. The van der Waals surface area contributed by atoms with Crippen LogP contribution in [0.1, 0.15) is 26.2 Å². The third-order valence-electron chi connectivity index (χ3n) is 4.32. The first-order valence-electron chi connectivity index (χ1n) is 5.99. The maximum absolute atomic E-state index is 11.3. The Balaban J connectivity index is 2.28. The van der Waals surface area contributed by atoms with Gasteiger partial charge < -0.3 is 14.8 Å². The second kappa shape index (κ2) is 4.06. The quantitative estimate of drug-likeness (QED) is 0.672.